The molecule has 0 spiro atoms. The Morgan fingerprint density at radius 2 is 1.88 bits per heavy atom. The molecule has 0 aromatic heterocycles. The number of hydrogen-bond acceptors (Lipinski definition) is 2. The number of nitrogens with zero attached hydrogens (tertiary/aromatic N) is 1. The number of hydrogen-bond donors (Lipinski definition) is 1. The molecule has 0 unspecified atom stereocenters. The summed E-state index contributed by atoms with van der Waals surface area (Å²) in [6.45, 7) is 7.53. The fraction of sp³-hybridized carbons (Fsp3) is 0.571. The summed E-state index contributed by atoms with van der Waals surface area (Å²) in [6, 6.07) is 2.29. The lowest BCUT2D eigenvalue weighted by molar-refractivity contribution is 0.413. The van der Waals surface area contributed by atoms with Crippen molar-refractivity contribution in [1.82, 2.24) is 4.90 Å². The summed E-state index contributed by atoms with van der Waals surface area (Å²) in [5.74, 6) is 0. The van der Waals surface area contributed by atoms with Crippen molar-refractivity contribution in [1.29, 1.82) is 0 Å². The van der Waals surface area contributed by atoms with Crippen LogP contribution in [0.2, 0.25) is 0 Å². The molecule has 1 aromatic carbocycles. The monoisotopic (exact) mass is 220 g/mol. The van der Waals surface area contributed by atoms with Gasteiger partial charge in [-0.2, -0.15) is 0 Å². The van der Waals surface area contributed by atoms with Crippen LogP contribution in [-0.4, -0.2) is 25.5 Å². The number of likely N-dealkylation sites (N-methyl/N-ethyl adjacent to an activating group) is 1. The molecule has 0 amide bonds. The van der Waals surface area contributed by atoms with Crippen LogP contribution < -0.4 is 5.73 Å². The van der Waals surface area contributed by atoms with Crippen molar-refractivity contribution in [2.45, 2.75) is 33.6 Å². The van der Waals surface area contributed by atoms with E-state index in [0.29, 0.717) is 0 Å². The van der Waals surface area contributed by atoms with Crippen LogP contribution in [0.15, 0.2) is 6.07 Å². The van der Waals surface area contributed by atoms with Gasteiger partial charge in [0.1, 0.15) is 0 Å². The summed E-state index contributed by atoms with van der Waals surface area (Å²) in [5.41, 5.74) is 12.5. The predicted octanol–water partition coefficient (Wildman–Crippen LogP) is 2.55. The van der Waals surface area contributed by atoms with E-state index in [9.17, 15) is 0 Å². The van der Waals surface area contributed by atoms with Crippen LogP contribution in [0.3, 0.4) is 0 Å². The lowest BCUT2D eigenvalue weighted by atomic mass is 9.94. The zero-order chi connectivity index (χ0) is 12.3. The summed E-state index contributed by atoms with van der Waals surface area (Å²) >= 11 is 0. The van der Waals surface area contributed by atoms with E-state index in [1.807, 2.05) is 0 Å². The lowest BCUT2D eigenvalue weighted by Gasteiger charge is -2.17. The summed E-state index contributed by atoms with van der Waals surface area (Å²) in [7, 11) is 4.19. The second kappa shape index (κ2) is 5.35. The van der Waals surface area contributed by atoms with Crippen molar-refractivity contribution in [3.8, 4) is 0 Å². The van der Waals surface area contributed by atoms with E-state index in [1.165, 1.54) is 22.3 Å². The van der Waals surface area contributed by atoms with Gasteiger partial charge in [0.2, 0.25) is 0 Å². The standard InChI is InChI=1S/C14H24N2/c1-6-12-9-10(2)13(7-8-16(4)5)14(15)11(12)3/h9H,6-8,15H2,1-5H3. The first kappa shape index (κ1) is 13.0. The van der Waals surface area contributed by atoms with Crippen LogP contribution in [-0.2, 0) is 12.8 Å². The van der Waals surface area contributed by atoms with Gasteiger partial charge in [0.15, 0.2) is 0 Å². The minimum absolute atomic E-state index is 0.999. The summed E-state index contributed by atoms with van der Waals surface area (Å²) in [5, 5.41) is 0. The van der Waals surface area contributed by atoms with Crippen molar-refractivity contribution in [3.63, 3.8) is 0 Å². The highest BCUT2D eigenvalue weighted by Gasteiger charge is 2.10. The highest BCUT2D eigenvalue weighted by atomic mass is 15.0. The fourth-order valence-electron chi connectivity index (χ4n) is 2.10. The van der Waals surface area contributed by atoms with Gasteiger partial charge in [-0.25, -0.2) is 0 Å². The van der Waals surface area contributed by atoms with Gasteiger partial charge in [0.25, 0.3) is 0 Å². The van der Waals surface area contributed by atoms with Crippen LogP contribution in [0.25, 0.3) is 0 Å². The van der Waals surface area contributed by atoms with E-state index < -0.39 is 0 Å². The number of nitrogen functional groups attached to an aromatic ring is 1. The van der Waals surface area contributed by atoms with E-state index in [0.717, 1.165) is 25.1 Å². The number of nitrogens with two attached hydrogens (primary N) is 1. The van der Waals surface area contributed by atoms with E-state index in [1.54, 1.807) is 0 Å². The molecule has 16 heavy (non-hydrogen) atoms. The highest BCUT2D eigenvalue weighted by Crippen LogP contribution is 2.25. The largest absolute Gasteiger partial charge is 0.398 e. The summed E-state index contributed by atoms with van der Waals surface area (Å²) < 4.78 is 0. The lowest BCUT2D eigenvalue weighted by Crippen LogP contribution is -2.17. The second-order valence-electron chi connectivity index (χ2n) is 4.78. The Morgan fingerprint density at radius 1 is 1.25 bits per heavy atom. The van der Waals surface area contributed by atoms with Gasteiger partial charge in [-0.3, -0.25) is 0 Å². The van der Waals surface area contributed by atoms with Crippen LogP contribution in [0, 0.1) is 13.8 Å². The summed E-state index contributed by atoms with van der Waals surface area (Å²) in [6.07, 6.45) is 2.10. The molecule has 0 radical (unpaired) electrons. The third-order valence-electron chi connectivity index (χ3n) is 3.27. The zero-order valence-electron chi connectivity index (χ0n) is 11.2. The van der Waals surface area contributed by atoms with Gasteiger partial charge in [0.05, 0.1) is 0 Å². The van der Waals surface area contributed by atoms with E-state index >= 15 is 0 Å². The van der Waals surface area contributed by atoms with Crippen molar-refractivity contribution in [2.24, 2.45) is 0 Å². The first-order chi connectivity index (χ1) is 7.47. The molecule has 0 fully saturated rings. The van der Waals surface area contributed by atoms with Gasteiger partial charge in [-0.15, -0.1) is 0 Å². The number of anilines is 1. The molecule has 2 heteroatoms. The smallest absolute Gasteiger partial charge is 0.0382 e. The maximum atomic E-state index is 6.23. The van der Waals surface area contributed by atoms with Gasteiger partial charge in [0, 0.05) is 12.2 Å². The first-order valence-electron chi connectivity index (χ1n) is 5.99. The quantitative estimate of drug-likeness (QED) is 0.790. The number of benzene rings is 1. The molecule has 0 bridgehead atoms. The first-order valence-corrected chi connectivity index (χ1v) is 5.99. The minimum Gasteiger partial charge on any atom is -0.398 e. The van der Waals surface area contributed by atoms with Crippen molar-refractivity contribution in [2.75, 3.05) is 26.4 Å². The molecule has 1 aromatic rings. The van der Waals surface area contributed by atoms with Gasteiger partial charge < -0.3 is 10.6 Å². The Morgan fingerprint density at radius 3 is 2.38 bits per heavy atom. The van der Waals surface area contributed by atoms with Crippen LogP contribution in [0.5, 0.6) is 0 Å². The molecule has 0 atom stereocenters. The summed E-state index contributed by atoms with van der Waals surface area (Å²) in [4.78, 5) is 2.20. The molecule has 0 aliphatic rings. The van der Waals surface area contributed by atoms with E-state index in [4.69, 9.17) is 5.73 Å². The average molecular weight is 220 g/mol. The van der Waals surface area contributed by atoms with E-state index in [-0.39, 0.29) is 0 Å². The van der Waals surface area contributed by atoms with E-state index in [2.05, 4.69) is 45.8 Å². The molecular formula is C14H24N2. The van der Waals surface area contributed by atoms with Crippen molar-refractivity contribution >= 4 is 5.69 Å². The molecule has 1 rings (SSSR count). The number of aryl methyl sites for hydroxylation is 2. The van der Waals surface area contributed by atoms with Gasteiger partial charge in [-0.05, 0) is 63.0 Å². The van der Waals surface area contributed by atoms with Crippen molar-refractivity contribution < 1.29 is 0 Å². The molecule has 90 valence electrons. The Bertz CT molecular complexity index is 367. The van der Waals surface area contributed by atoms with Crippen LogP contribution >= 0.6 is 0 Å². The molecule has 2 N–H and O–H groups in total. The maximum absolute atomic E-state index is 6.23. The molecule has 0 aliphatic carbocycles. The number of rotatable bonds is 4. The Balaban J connectivity index is 3.05. The Hall–Kier alpha value is -1.02. The normalized spacial score (nSPS) is 11.1. The SMILES string of the molecule is CCc1cc(C)c(CCN(C)C)c(N)c1C. The molecule has 0 aliphatic heterocycles. The minimum atomic E-state index is 0.999. The highest BCUT2D eigenvalue weighted by molar-refractivity contribution is 5.59. The third-order valence-corrected chi connectivity index (χ3v) is 3.27. The molecule has 0 saturated heterocycles. The Labute approximate surface area is 99.5 Å². The van der Waals surface area contributed by atoms with Gasteiger partial charge >= 0.3 is 0 Å². The second-order valence-corrected chi connectivity index (χ2v) is 4.78. The predicted molar refractivity (Wildman–Crippen MR) is 72.0 cm³/mol. The molecule has 2 nitrogen and oxygen atoms in total. The molecule has 0 heterocycles. The Kier molecular flexibility index (Phi) is 4.36. The average Bonchev–Trinajstić information content (AvgIpc) is 2.22. The third kappa shape index (κ3) is 2.76. The molecular weight excluding hydrogens is 196 g/mol. The molecule has 0 saturated carbocycles. The van der Waals surface area contributed by atoms with Crippen LogP contribution in [0.4, 0.5) is 5.69 Å². The zero-order valence-corrected chi connectivity index (χ0v) is 11.2. The van der Waals surface area contributed by atoms with Crippen molar-refractivity contribution in [3.05, 3.63) is 28.3 Å². The van der Waals surface area contributed by atoms with Gasteiger partial charge in [-0.1, -0.05) is 13.0 Å². The van der Waals surface area contributed by atoms with Crippen LogP contribution in [0.1, 0.15) is 29.2 Å². The fourth-order valence-corrected chi connectivity index (χ4v) is 2.10. The topological polar surface area (TPSA) is 29.3 Å². The maximum Gasteiger partial charge on any atom is 0.0382 e.